The van der Waals surface area contributed by atoms with Crippen LogP contribution in [-0.2, 0) is 6.42 Å². The first kappa shape index (κ1) is 14.8. The van der Waals surface area contributed by atoms with Gasteiger partial charge >= 0.3 is 0 Å². The van der Waals surface area contributed by atoms with Crippen molar-refractivity contribution in [2.45, 2.75) is 6.42 Å². The van der Waals surface area contributed by atoms with E-state index in [1.54, 1.807) is 18.2 Å². The van der Waals surface area contributed by atoms with Crippen molar-refractivity contribution in [2.24, 2.45) is 0 Å². The molecule has 1 heterocycles. The number of rotatable bonds is 4. The molecule has 0 atom stereocenters. The van der Waals surface area contributed by atoms with E-state index in [4.69, 9.17) is 0 Å². The Bertz CT molecular complexity index is 870. The van der Waals surface area contributed by atoms with E-state index >= 15 is 0 Å². The van der Waals surface area contributed by atoms with Crippen LogP contribution in [0.4, 0.5) is 0 Å². The van der Waals surface area contributed by atoms with Gasteiger partial charge in [0.15, 0.2) is 0 Å². The molecule has 5 N–H and O–H groups in total. The molecule has 6 heteroatoms. The molecule has 2 aromatic carbocycles. The van der Waals surface area contributed by atoms with Gasteiger partial charge in [0.2, 0.25) is 0 Å². The van der Waals surface area contributed by atoms with E-state index in [-0.39, 0.29) is 22.8 Å². The van der Waals surface area contributed by atoms with E-state index in [2.05, 4.69) is 10.3 Å². The third-order valence-corrected chi connectivity index (χ3v) is 3.66. The minimum absolute atomic E-state index is 0.0292. The molecule has 0 radical (unpaired) electrons. The van der Waals surface area contributed by atoms with Crippen LogP contribution in [0.15, 0.2) is 42.6 Å². The molecule has 0 aliphatic carbocycles. The number of H-pyrrole nitrogens is 1. The predicted octanol–water partition coefficient (Wildman–Crippen LogP) is 2.26. The molecule has 0 saturated carbocycles. The first-order valence-electron chi connectivity index (χ1n) is 7.14. The van der Waals surface area contributed by atoms with Crippen molar-refractivity contribution in [1.29, 1.82) is 0 Å². The van der Waals surface area contributed by atoms with Crippen LogP contribution in [0.25, 0.3) is 10.9 Å². The number of benzene rings is 2. The van der Waals surface area contributed by atoms with Crippen LogP contribution in [0.5, 0.6) is 17.2 Å². The molecular formula is C17H16N2O4. The molecule has 0 bridgehead atoms. The number of carbonyl (C=O) groups excluding carboxylic acids is 1. The number of hydrogen-bond acceptors (Lipinski definition) is 4. The van der Waals surface area contributed by atoms with E-state index < -0.39 is 5.91 Å². The summed E-state index contributed by atoms with van der Waals surface area (Å²) in [5.41, 5.74) is 1.91. The summed E-state index contributed by atoms with van der Waals surface area (Å²) in [5, 5.41) is 32.2. The second kappa shape index (κ2) is 5.92. The second-order valence-corrected chi connectivity index (χ2v) is 5.25. The summed E-state index contributed by atoms with van der Waals surface area (Å²) in [4.78, 5) is 15.1. The number of carbonyl (C=O) groups is 1. The second-order valence-electron chi connectivity index (χ2n) is 5.25. The van der Waals surface area contributed by atoms with Crippen molar-refractivity contribution in [3.05, 3.63) is 53.7 Å². The van der Waals surface area contributed by atoms with E-state index in [1.807, 2.05) is 6.20 Å². The molecule has 6 nitrogen and oxygen atoms in total. The van der Waals surface area contributed by atoms with Crippen molar-refractivity contribution in [3.63, 3.8) is 0 Å². The number of fused-ring (bicyclic) bond motifs is 1. The lowest BCUT2D eigenvalue weighted by molar-refractivity contribution is 0.0951. The third kappa shape index (κ3) is 3.06. The van der Waals surface area contributed by atoms with Gasteiger partial charge in [0.25, 0.3) is 5.91 Å². The average Bonchev–Trinajstić information content (AvgIpc) is 2.92. The van der Waals surface area contributed by atoms with E-state index in [0.717, 1.165) is 16.5 Å². The largest absolute Gasteiger partial charge is 0.508 e. The van der Waals surface area contributed by atoms with Crippen molar-refractivity contribution in [3.8, 4) is 17.2 Å². The van der Waals surface area contributed by atoms with Crippen LogP contribution in [0.2, 0.25) is 0 Å². The van der Waals surface area contributed by atoms with Gasteiger partial charge in [0, 0.05) is 23.6 Å². The molecule has 3 rings (SSSR count). The van der Waals surface area contributed by atoms with Gasteiger partial charge in [-0.25, -0.2) is 0 Å². The summed E-state index contributed by atoms with van der Waals surface area (Å²) in [6.45, 7) is 0.358. The molecule has 0 fully saturated rings. The highest BCUT2D eigenvalue weighted by molar-refractivity contribution is 5.97. The highest BCUT2D eigenvalue weighted by Crippen LogP contribution is 2.24. The first-order chi connectivity index (χ1) is 11.0. The Kier molecular flexibility index (Phi) is 3.80. The molecule has 0 aliphatic rings. The highest BCUT2D eigenvalue weighted by atomic mass is 16.3. The Morgan fingerprint density at radius 1 is 1.04 bits per heavy atom. The number of amides is 1. The first-order valence-corrected chi connectivity index (χ1v) is 7.14. The van der Waals surface area contributed by atoms with Gasteiger partial charge in [-0.05, 0) is 48.4 Å². The molecule has 118 valence electrons. The van der Waals surface area contributed by atoms with Crippen LogP contribution in [0.3, 0.4) is 0 Å². The normalized spacial score (nSPS) is 10.8. The van der Waals surface area contributed by atoms with E-state index in [0.29, 0.717) is 13.0 Å². The lowest BCUT2D eigenvalue weighted by Crippen LogP contribution is -2.25. The van der Waals surface area contributed by atoms with Crippen molar-refractivity contribution >= 4 is 16.8 Å². The molecular weight excluding hydrogens is 296 g/mol. The van der Waals surface area contributed by atoms with Crippen LogP contribution < -0.4 is 5.32 Å². The fourth-order valence-electron chi connectivity index (χ4n) is 2.49. The Hall–Kier alpha value is -3.15. The molecule has 1 aromatic heterocycles. The maximum absolute atomic E-state index is 12.0. The minimum atomic E-state index is -0.457. The van der Waals surface area contributed by atoms with E-state index in [1.165, 1.54) is 18.2 Å². The van der Waals surface area contributed by atoms with Crippen LogP contribution in [-0.4, -0.2) is 32.8 Å². The van der Waals surface area contributed by atoms with E-state index in [9.17, 15) is 20.1 Å². The standard InChI is InChI=1S/C17H16N2O4/c20-11-1-3-15-13(7-11)10(9-19-15)5-6-18-17(23)14-8-12(21)2-4-16(14)22/h1-4,7-9,19-22H,5-6H2,(H,18,23). The molecule has 1 amide bonds. The van der Waals surface area contributed by atoms with Gasteiger partial charge in [-0.3, -0.25) is 4.79 Å². The predicted molar refractivity (Wildman–Crippen MR) is 85.8 cm³/mol. The van der Waals surface area contributed by atoms with Crippen LogP contribution in [0, 0.1) is 0 Å². The Morgan fingerprint density at radius 3 is 2.61 bits per heavy atom. The molecule has 23 heavy (non-hydrogen) atoms. The lowest BCUT2D eigenvalue weighted by Gasteiger charge is -2.07. The zero-order chi connectivity index (χ0) is 16.4. The molecule has 3 aromatic rings. The topological polar surface area (TPSA) is 106 Å². The van der Waals surface area contributed by atoms with Gasteiger partial charge in [-0.2, -0.15) is 0 Å². The number of phenols is 3. The summed E-state index contributed by atoms with van der Waals surface area (Å²) in [6, 6.07) is 8.86. The summed E-state index contributed by atoms with van der Waals surface area (Å²) in [6.07, 6.45) is 2.40. The Labute approximate surface area is 132 Å². The van der Waals surface area contributed by atoms with Crippen molar-refractivity contribution < 1.29 is 20.1 Å². The smallest absolute Gasteiger partial charge is 0.255 e. The Morgan fingerprint density at radius 2 is 1.78 bits per heavy atom. The molecule has 0 unspecified atom stereocenters. The maximum Gasteiger partial charge on any atom is 0.255 e. The molecule has 0 saturated heterocycles. The van der Waals surface area contributed by atoms with Gasteiger partial charge in [-0.1, -0.05) is 0 Å². The fourth-order valence-corrected chi connectivity index (χ4v) is 2.49. The summed E-state index contributed by atoms with van der Waals surface area (Å²) in [5.74, 6) is -0.537. The summed E-state index contributed by atoms with van der Waals surface area (Å²) in [7, 11) is 0. The average molecular weight is 312 g/mol. The SMILES string of the molecule is O=C(NCCc1c[nH]c2ccc(O)cc12)c1cc(O)ccc1O. The summed E-state index contributed by atoms with van der Waals surface area (Å²) >= 11 is 0. The molecule has 0 aliphatic heterocycles. The monoisotopic (exact) mass is 312 g/mol. The van der Waals surface area contributed by atoms with Crippen LogP contribution in [0.1, 0.15) is 15.9 Å². The zero-order valence-corrected chi connectivity index (χ0v) is 12.2. The van der Waals surface area contributed by atoms with Crippen LogP contribution >= 0.6 is 0 Å². The van der Waals surface area contributed by atoms with Gasteiger partial charge < -0.3 is 25.6 Å². The number of aromatic hydroxyl groups is 3. The van der Waals surface area contributed by atoms with Gasteiger partial charge in [-0.15, -0.1) is 0 Å². The Balaban J connectivity index is 1.67. The molecule has 0 spiro atoms. The zero-order valence-electron chi connectivity index (χ0n) is 12.2. The third-order valence-electron chi connectivity index (χ3n) is 3.66. The number of aromatic nitrogens is 1. The van der Waals surface area contributed by atoms with Gasteiger partial charge in [0.05, 0.1) is 5.56 Å². The number of aromatic amines is 1. The fraction of sp³-hybridized carbons (Fsp3) is 0.118. The number of hydrogen-bond donors (Lipinski definition) is 5. The lowest BCUT2D eigenvalue weighted by atomic mass is 10.1. The quantitative estimate of drug-likeness (QED) is 0.476. The highest BCUT2D eigenvalue weighted by Gasteiger charge is 2.12. The minimum Gasteiger partial charge on any atom is -0.508 e. The number of phenolic OH excluding ortho intramolecular Hbond substituents is 3. The van der Waals surface area contributed by atoms with Crippen molar-refractivity contribution in [2.75, 3.05) is 6.54 Å². The van der Waals surface area contributed by atoms with Crippen molar-refractivity contribution in [1.82, 2.24) is 10.3 Å². The van der Waals surface area contributed by atoms with Gasteiger partial charge in [0.1, 0.15) is 17.2 Å². The number of nitrogens with one attached hydrogen (secondary N) is 2. The maximum atomic E-state index is 12.0. The summed E-state index contributed by atoms with van der Waals surface area (Å²) < 4.78 is 0.